The zero-order valence-corrected chi connectivity index (χ0v) is 14.1. The lowest BCUT2D eigenvalue weighted by Crippen LogP contribution is -2.23. The molecule has 21 heavy (non-hydrogen) atoms. The van der Waals surface area contributed by atoms with E-state index in [0.717, 1.165) is 18.2 Å². The van der Waals surface area contributed by atoms with Gasteiger partial charge in [0.1, 0.15) is 5.75 Å². The van der Waals surface area contributed by atoms with E-state index in [-0.39, 0.29) is 0 Å². The van der Waals surface area contributed by atoms with Gasteiger partial charge in [-0.15, -0.1) is 0 Å². The third-order valence-electron chi connectivity index (χ3n) is 4.57. The van der Waals surface area contributed by atoms with E-state index in [4.69, 9.17) is 16.3 Å². The van der Waals surface area contributed by atoms with Gasteiger partial charge in [0, 0.05) is 6.04 Å². The molecule has 1 aliphatic carbocycles. The topological polar surface area (TPSA) is 21.3 Å². The van der Waals surface area contributed by atoms with E-state index in [1.807, 2.05) is 6.07 Å². The van der Waals surface area contributed by atoms with Crippen LogP contribution in [-0.2, 0) is 0 Å². The Morgan fingerprint density at radius 1 is 1.24 bits per heavy atom. The van der Waals surface area contributed by atoms with Crippen molar-refractivity contribution >= 4 is 11.6 Å². The Balaban J connectivity index is 2.08. The zero-order chi connectivity index (χ0) is 15.1. The minimum Gasteiger partial charge on any atom is -0.495 e. The molecule has 0 heterocycles. The van der Waals surface area contributed by atoms with Crippen LogP contribution in [0.2, 0.25) is 5.02 Å². The van der Waals surface area contributed by atoms with Crippen molar-refractivity contribution < 1.29 is 4.74 Å². The van der Waals surface area contributed by atoms with Crippen LogP contribution in [0.5, 0.6) is 5.75 Å². The number of ether oxygens (including phenoxy) is 1. The average Bonchev–Trinajstić information content (AvgIpc) is 2.75. The van der Waals surface area contributed by atoms with Crippen molar-refractivity contribution in [2.75, 3.05) is 13.7 Å². The molecule has 118 valence electrons. The fourth-order valence-electron chi connectivity index (χ4n) is 3.42. The second kappa shape index (κ2) is 8.65. The summed E-state index contributed by atoms with van der Waals surface area (Å²) in [5.74, 6) is 1.60. The summed E-state index contributed by atoms with van der Waals surface area (Å²) < 4.78 is 5.25. The number of hydrogen-bond donors (Lipinski definition) is 1. The van der Waals surface area contributed by atoms with Crippen molar-refractivity contribution in [2.45, 2.75) is 57.9 Å². The summed E-state index contributed by atoms with van der Waals surface area (Å²) in [6.45, 7) is 3.16. The van der Waals surface area contributed by atoms with E-state index in [2.05, 4.69) is 24.4 Å². The highest BCUT2D eigenvalue weighted by atomic mass is 35.5. The summed E-state index contributed by atoms with van der Waals surface area (Å²) in [6, 6.07) is 6.59. The van der Waals surface area contributed by atoms with Gasteiger partial charge in [-0.3, -0.25) is 0 Å². The molecule has 3 heteroatoms. The Bertz CT molecular complexity index is 427. The molecular formula is C18H28ClNO. The van der Waals surface area contributed by atoms with E-state index >= 15 is 0 Å². The molecule has 1 aromatic rings. The first-order valence-corrected chi connectivity index (χ1v) is 8.69. The third kappa shape index (κ3) is 4.89. The quantitative estimate of drug-likeness (QED) is 0.714. The minimum absolute atomic E-state index is 0.404. The second-order valence-corrected chi connectivity index (χ2v) is 6.50. The van der Waals surface area contributed by atoms with Gasteiger partial charge in [0.25, 0.3) is 0 Å². The molecule has 1 N–H and O–H groups in total. The van der Waals surface area contributed by atoms with Crippen molar-refractivity contribution in [1.29, 1.82) is 0 Å². The van der Waals surface area contributed by atoms with Crippen molar-refractivity contribution in [3.63, 3.8) is 0 Å². The number of rotatable bonds is 6. The Kier molecular flexibility index (Phi) is 6.85. The first kappa shape index (κ1) is 16.6. The van der Waals surface area contributed by atoms with Crippen molar-refractivity contribution in [1.82, 2.24) is 5.32 Å². The highest BCUT2D eigenvalue weighted by Crippen LogP contribution is 2.33. The monoisotopic (exact) mass is 309 g/mol. The summed E-state index contributed by atoms with van der Waals surface area (Å²) in [4.78, 5) is 0. The van der Waals surface area contributed by atoms with Crippen LogP contribution >= 0.6 is 11.6 Å². The molecule has 0 amide bonds. The van der Waals surface area contributed by atoms with Crippen LogP contribution in [0.1, 0.15) is 63.5 Å². The smallest absolute Gasteiger partial charge is 0.137 e. The van der Waals surface area contributed by atoms with Gasteiger partial charge in [0.15, 0.2) is 0 Å². The molecule has 0 aromatic heterocycles. The van der Waals surface area contributed by atoms with E-state index < -0.39 is 0 Å². The summed E-state index contributed by atoms with van der Waals surface area (Å²) in [5.41, 5.74) is 1.28. The van der Waals surface area contributed by atoms with Crippen LogP contribution in [0, 0.1) is 5.92 Å². The Labute approximate surface area is 134 Å². The summed E-state index contributed by atoms with van der Waals surface area (Å²) in [7, 11) is 1.66. The van der Waals surface area contributed by atoms with Gasteiger partial charge in [-0.05, 0) is 36.6 Å². The van der Waals surface area contributed by atoms with Crippen LogP contribution < -0.4 is 10.1 Å². The van der Waals surface area contributed by atoms with Gasteiger partial charge < -0.3 is 10.1 Å². The normalized spacial score (nSPS) is 18.2. The predicted octanol–water partition coefficient (Wildman–Crippen LogP) is 5.36. The Morgan fingerprint density at radius 2 is 1.95 bits per heavy atom. The molecule has 2 nitrogen and oxygen atoms in total. The Morgan fingerprint density at radius 3 is 2.52 bits per heavy atom. The van der Waals surface area contributed by atoms with Gasteiger partial charge in [0.05, 0.1) is 12.1 Å². The Hall–Kier alpha value is -0.730. The molecule has 0 spiro atoms. The van der Waals surface area contributed by atoms with Crippen LogP contribution in [0.3, 0.4) is 0 Å². The summed E-state index contributed by atoms with van der Waals surface area (Å²) >= 11 is 6.29. The SMILES string of the molecule is CCNC(CC1CCCCCC1)c1ccc(OC)c(Cl)c1. The highest BCUT2D eigenvalue weighted by Gasteiger charge is 2.19. The number of hydrogen-bond acceptors (Lipinski definition) is 2. The summed E-state index contributed by atoms with van der Waals surface area (Å²) in [5, 5.41) is 4.34. The molecular weight excluding hydrogens is 282 g/mol. The molecule has 1 aromatic carbocycles. The lowest BCUT2D eigenvalue weighted by molar-refractivity contribution is 0.359. The van der Waals surface area contributed by atoms with Gasteiger partial charge in [-0.2, -0.15) is 0 Å². The van der Waals surface area contributed by atoms with Crippen LogP contribution in [0.4, 0.5) is 0 Å². The van der Waals surface area contributed by atoms with Crippen LogP contribution in [0.25, 0.3) is 0 Å². The van der Waals surface area contributed by atoms with E-state index in [1.165, 1.54) is 50.5 Å². The molecule has 0 saturated heterocycles. The molecule has 1 atom stereocenters. The number of methoxy groups -OCH3 is 1. The largest absolute Gasteiger partial charge is 0.495 e. The third-order valence-corrected chi connectivity index (χ3v) is 4.87. The average molecular weight is 310 g/mol. The zero-order valence-electron chi connectivity index (χ0n) is 13.3. The van der Waals surface area contributed by atoms with Crippen molar-refractivity contribution in [3.05, 3.63) is 28.8 Å². The van der Waals surface area contributed by atoms with Crippen LogP contribution in [-0.4, -0.2) is 13.7 Å². The predicted molar refractivity (Wildman–Crippen MR) is 90.2 cm³/mol. The van der Waals surface area contributed by atoms with E-state index in [0.29, 0.717) is 11.1 Å². The minimum atomic E-state index is 0.404. The lowest BCUT2D eigenvalue weighted by atomic mass is 9.89. The number of benzene rings is 1. The first-order valence-electron chi connectivity index (χ1n) is 8.31. The fraction of sp³-hybridized carbons (Fsp3) is 0.667. The highest BCUT2D eigenvalue weighted by molar-refractivity contribution is 6.32. The van der Waals surface area contributed by atoms with Crippen molar-refractivity contribution in [3.8, 4) is 5.75 Å². The maximum absolute atomic E-state index is 6.29. The molecule has 0 aliphatic heterocycles. The van der Waals surface area contributed by atoms with Gasteiger partial charge in [-0.1, -0.05) is 63.1 Å². The molecule has 0 radical (unpaired) electrons. The van der Waals surface area contributed by atoms with Gasteiger partial charge in [0.2, 0.25) is 0 Å². The second-order valence-electron chi connectivity index (χ2n) is 6.10. The van der Waals surface area contributed by atoms with Gasteiger partial charge >= 0.3 is 0 Å². The molecule has 1 fully saturated rings. The number of nitrogens with one attached hydrogen (secondary N) is 1. The van der Waals surface area contributed by atoms with Crippen molar-refractivity contribution in [2.24, 2.45) is 5.92 Å². The summed E-state index contributed by atoms with van der Waals surface area (Å²) in [6.07, 6.45) is 9.60. The van der Waals surface area contributed by atoms with Crippen LogP contribution in [0.15, 0.2) is 18.2 Å². The lowest BCUT2D eigenvalue weighted by Gasteiger charge is -2.24. The fourth-order valence-corrected chi connectivity index (χ4v) is 3.68. The van der Waals surface area contributed by atoms with E-state index in [9.17, 15) is 0 Å². The molecule has 1 saturated carbocycles. The van der Waals surface area contributed by atoms with Gasteiger partial charge in [-0.25, -0.2) is 0 Å². The molecule has 1 aliphatic rings. The molecule has 1 unspecified atom stereocenters. The van der Waals surface area contributed by atoms with E-state index in [1.54, 1.807) is 7.11 Å². The maximum Gasteiger partial charge on any atom is 0.137 e. The maximum atomic E-state index is 6.29. The standard InChI is InChI=1S/C18H28ClNO/c1-3-20-17(12-14-8-6-4-5-7-9-14)15-10-11-18(21-2)16(19)13-15/h10-11,13-14,17,20H,3-9,12H2,1-2H3. The number of halogens is 1. The first-order chi connectivity index (χ1) is 10.2. The molecule has 0 bridgehead atoms. The molecule has 2 rings (SSSR count).